The maximum atomic E-state index is 12.6. The average Bonchev–Trinajstić information content (AvgIpc) is 3.25. The Kier molecular flexibility index (Phi) is 4.32. The summed E-state index contributed by atoms with van der Waals surface area (Å²) in [6.07, 6.45) is 0. The molecule has 3 aromatic rings. The van der Waals surface area contributed by atoms with Crippen LogP contribution in [0.3, 0.4) is 0 Å². The highest BCUT2D eigenvalue weighted by Gasteiger charge is 2.23. The molecule has 120 valence electrons. The van der Waals surface area contributed by atoms with Crippen molar-refractivity contribution in [3.05, 3.63) is 44.9 Å². The summed E-state index contributed by atoms with van der Waals surface area (Å²) in [5.74, 6) is -0.110. The first-order chi connectivity index (χ1) is 11.0. The fourth-order valence-electron chi connectivity index (χ4n) is 2.22. The summed E-state index contributed by atoms with van der Waals surface area (Å²) in [5, 5.41) is 10.1. The first-order valence-electron chi connectivity index (χ1n) is 7.27. The Hall–Kier alpha value is -1.99. The zero-order chi connectivity index (χ0) is 16.6. The molecule has 23 heavy (non-hydrogen) atoms. The van der Waals surface area contributed by atoms with Crippen LogP contribution in [0.1, 0.15) is 39.0 Å². The second kappa shape index (κ2) is 6.25. The molecular formula is C16H18N4OS2. The van der Waals surface area contributed by atoms with E-state index in [-0.39, 0.29) is 11.9 Å². The van der Waals surface area contributed by atoms with E-state index in [1.807, 2.05) is 31.4 Å². The molecule has 0 bridgehead atoms. The molecule has 5 nitrogen and oxygen atoms in total. The third-order valence-corrected chi connectivity index (χ3v) is 5.87. The fraction of sp³-hybridized carbons (Fsp3) is 0.312. The van der Waals surface area contributed by atoms with E-state index in [9.17, 15) is 4.79 Å². The fourth-order valence-corrected chi connectivity index (χ4v) is 3.95. The molecule has 0 spiro atoms. The minimum absolute atomic E-state index is 0.0784. The van der Waals surface area contributed by atoms with Crippen LogP contribution in [0.5, 0.6) is 0 Å². The van der Waals surface area contributed by atoms with Crippen molar-refractivity contribution < 1.29 is 4.79 Å². The number of rotatable bonds is 4. The Morgan fingerprint density at radius 1 is 1.35 bits per heavy atom. The summed E-state index contributed by atoms with van der Waals surface area (Å²) in [6.45, 7) is 5.99. The van der Waals surface area contributed by atoms with Crippen molar-refractivity contribution in [1.82, 2.24) is 20.1 Å². The lowest BCUT2D eigenvalue weighted by molar-refractivity contribution is 0.0736. The number of thiazole rings is 1. The van der Waals surface area contributed by atoms with Gasteiger partial charge in [-0.15, -0.1) is 22.7 Å². The van der Waals surface area contributed by atoms with Crippen LogP contribution in [-0.2, 0) is 0 Å². The van der Waals surface area contributed by atoms with Crippen molar-refractivity contribution in [2.24, 2.45) is 0 Å². The molecule has 0 fully saturated rings. The lowest BCUT2D eigenvalue weighted by atomic mass is 10.2. The van der Waals surface area contributed by atoms with E-state index >= 15 is 0 Å². The first-order valence-corrected chi connectivity index (χ1v) is 8.96. The van der Waals surface area contributed by atoms with Gasteiger partial charge in [0.1, 0.15) is 5.01 Å². The molecule has 0 radical (unpaired) electrons. The number of H-pyrrole nitrogens is 1. The van der Waals surface area contributed by atoms with Crippen LogP contribution in [-0.4, -0.2) is 33.0 Å². The molecule has 0 saturated carbocycles. The normalized spacial score (nSPS) is 12.3. The summed E-state index contributed by atoms with van der Waals surface area (Å²) < 4.78 is 0. The third kappa shape index (κ3) is 3.20. The zero-order valence-electron chi connectivity index (χ0n) is 13.5. The molecule has 3 rings (SSSR count). The third-order valence-electron chi connectivity index (χ3n) is 3.70. The van der Waals surface area contributed by atoms with Gasteiger partial charge in [0.2, 0.25) is 0 Å². The maximum absolute atomic E-state index is 12.6. The Morgan fingerprint density at radius 2 is 2.13 bits per heavy atom. The highest BCUT2D eigenvalue weighted by atomic mass is 32.1. The largest absolute Gasteiger partial charge is 0.331 e. The Labute approximate surface area is 143 Å². The molecule has 0 unspecified atom stereocenters. The van der Waals surface area contributed by atoms with Gasteiger partial charge in [0.25, 0.3) is 5.91 Å². The van der Waals surface area contributed by atoms with E-state index in [4.69, 9.17) is 0 Å². The molecule has 1 amide bonds. The summed E-state index contributed by atoms with van der Waals surface area (Å²) in [6, 6.07) is 5.82. The summed E-state index contributed by atoms with van der Waals surface area (Å²) in [4.78, 5) is 21.1. The van der Waals surface area contributed by atoms with Gasteiger partial charge in [-0.05, 0) is 39.0 Å². The topological polar surface area (TPSA) is 61.9 Å². The van der Waals surface area contributed by atoms with Gasteiger partial charge in [0, 0.05) is 23.0 Å². The van der Waals surface area contributed by atoms with Crippen molar-refractivity contribution in [2.75, 3.05) is 7.05 Å². The number of thiophene rings is 1. The molecule has 0 aliphatic rings. The number of aromatic nitrogens is 3. The summed E-state index contributed by atoms with van der Waals surface area (Å²) >= 11 is 3.25. The molecule has 0 aliphatic heterocycles. The van der Waals surface area contributed by atoms with Crippen LogP contribution in [0.2, 0.25) is 0 Å². The number of carbonyl (C=O) groups is 1. The van der Waals surface area contributed by atoms with Crippen LogP contribution in [0.4, 0.5) is 0 Å². The average molecular weight is 346 g/mol. The highest BCUT2D eigenvalue weighted by molar-refractivity contribution is 7.15. The Morgan fingerprint density at radius 3 is 2.74 bits per heavy atom. The number of amides is 1. The minimum Gasteiger partial charge on any atom is -0.331 e. The van der Waals surface area contributed by atoms with E-state index in [0.717, 1.165) is 21.3 Å². The lowest BCUT2D eigenvalue weighted by Gasteiger charge is -2.22. The van der Waals surface area contributed by atoms with E-state index < -0.39 is 0 Å². The molecular weight excluding hydrogens is 328 g/mol. The van der Waals surface area contributed by atoms with E-state index in [1.165, 1.54) is 4.88 Å². The summed E-state index contributed by atoms with van der Waals surface area (Å²) in [5.41, 5.74) is 2.28. The molecule has 0 aliphatic carbocycles. The lowest BCUT2D eigenvalue weighted by Crippen LogP contribution is -2.29. The standard InChI is InChI=1S/C16H18N4OS2/c1-9-8-22-15(17-9)11(3)20(4)16(21)13-7-12(18-19-13)14-6-5-10(2)23-14/h5-8,11H,1-4H3,(H,18,19)/t11-/m1/s1. The van der Waals surface area contributed by atoms with E-state index in [2.05, 4.69) is 28.2 Å². The molecule has 7 heteroatoms. The van der Waals surface area contributed by atoms with E-state index in [0.29, 0.717) is 5.69 Å². The molecule has 3 aromatic heterocycles. The predicted molar refractivity (Wildman–Crippen MR) is 94.0 cm³/mol. The number of hydrogen-bond acceptors (Lipinski definition) is 5. The van der Waals surface area contributed by atoms with Crippen molar-refractivity contribution in [3.63, 3.8) is 0 Å². The smallest absolute Gasteiger partial charge is 0.274 e. The van der Waals surface area contributed by atoms with Crippen molar-refractivity contribution in [3.8, 4) is 10.6 Å². The second-order valence-corrected chi connectivity index (χ2v) is 7.67. The predicted octanol–water partition coefficient (Wildman–Crippen LogP) is 4.04. The van der Waals surface area contributed by atoms with Gasteiger partial charge in [0.05, 0.1) is 16.6 Å². The SMILES string of the molecule is Cc1csc([C@@H](C)N(C)C(=O)c2cc(-c3ccc(C)s3)[nH]n2)n1. The Balaban J connectivity index is 1.79. The number of nitrogens with zero attached hydrogens (tertiary/aromatic N) is 3. The molecule has 1 N–H and O–H groups in total. The minimum atomic E-state index is -0.110. The van der Waals surface area contributed by atoms with Gasteiger partial charge in [-0.1, -0.05) is 0 Å². The molecule has 1 atom stereocenters. The van der Waals surface area contributed by atoms with Gasteiger partial charge in [-0.25, -0.2) is 4.98 Å². The van der Waals surface area contributed by atoms with Gasteiger partial charge < -0.3 is 4.90 Å². The zero-order valence-corrected chi connectivity index (χ0v) is 15.1. The van der Waals surface area contributed by atoms with Crippen molar-refractivity contribution in [1.29, 1.82) is 0 Å². The number of carbonyl (C=O) groups excluding carboxylic acids is 1. The van der Waals surface area contributed by atoms with Crippen molar-refractivity contribution in [2.45, 2.75) is 26.8 Å². The van der Waals surface area contributed by atoms with Crippen LogP contribution in [0, 0.1) is 13.8 Å². The second-order valence-electron chi connectivity index (χ2n) is 5.50. The van der Waals surface area contributed by atoms with Crippen LogP contribution in [0.25, 0.3) is 10.6 Å². The number of aromatic amines is 1. The van der Waals surface area contributed by atoms with Gasteiger partial charge >= 0.3 is 0 Å². The number of hydrogen-bond donors (Lipinski definition) is 1. The maximum Gasteiger partial charge on any atom is 0.274 e. The van der Waals surface area contributed by atoms with Gasteiger partial charge in [0.15, 0.2) is 5.69 Å². The molecule has 0 saturated heterocycles. The van der Waals surface area contributed by atoms with Crippen molar-refractivity contribution >= 4 is 28.6 Å². The summed E-state index contributed by atoms with van der Waals surface area (Å²) in [7, 11) is 1.79. The van der Waals surface area contributed by atoms with Crippen LogP contribution in [0.15, 0.2) is 23.6 Å². The number of nitrogens with one attached hydrogen (secondary N) is 1. The Bertz CT molecular complexity index is 833. The monoisotopic (exact) mass is 346 g/mol. The first kappa shape index (κ1) is 15.9. The van der Waals surface area contributed by atoms with Gasteiger partial charge in [-0.3, -0.25) is 9.89 Å². The van der Waals surface area contributed by atoms with E-state index in [1.54, 1.807) is 34.6 Å². The quantitative estimate of drug-likeness (QED) is 0.775. The van der Waals surface area contributed by atoms with Crippen LogP contribution < -0.4 is 0 Å². The molecule has 3 heterocycles. The van der Waals surface area contributed by atoms with Crippen LogP contribution >= 0.6 is 22.7 Å². The van der Waals surface area contributed by atoms with Gasteiger partial charge in [-0.2, -0.15) is 5.10 Å². The number of aryl methyl sites for hydroxylation is 2. The highest BCUT2D eigenvalue weighted by Crippen LogP contribution is 2.28. The molecule has 0 aromatic carbocycles.